The van der Waals surface area contributed by atoms with E-state index in [1.165, 1.54) is 6.07 Å². The van der Waals surface area contributed by atoms with Crippen LogP contribution in [0.4, 0.5) is 4.39 Å². The van der Waals surface area contributed by atoms with Gasteiger partial charge in [-0.1, -0.05) is 6.07 Å². The highest BCUT2D eigenvalue weighted by Gasteiger charge is 2.09. The van der Waals surface area contributed by atoms with Gasteiger partial charge in [0.2, 0.25) is 0 Å². The topological polar surface area (TPSA) is 37.3 Å². The predicted molar refractivity (Wildman–Crippen MR) is 50.2 cm³/mol. The summed E-state index contributed by atoms with van der Waals surface area (Å²) in [6.07, 6.45) is -0.167. The summed E-state index contributed by atoms with van der Waals surface area (Å²) in [6.45, 7) is 1.72. The van der Waals surface area contributed by atoms with E-state index in [9.17, 15) is 9.18 Å². The summed E-state index contributed by atoms with van der Waals surface area (Å²) in [7, 11) is 0. The maximum atomic E-state index is 13.1. The third-order valence-electron chi connectivity index (χ3n) is 1.59. The number of hydrogen-bond donors (Lipinski definition) is 1. The van der Waals surface area contributed by atoms with Crippen molar-refractivity contribution >= 4 is 21.9 Å². The molecule has 4 heteroatoms. The fourth-order valence-corrected chi connectivity index (χ4v) is 1.46. The van der Waals surface area contributed by atoms with Gasteiger partial charge >= 0.3 is 5.97 Å². The fourth-order valence-electron chi connectivity index (χ4n) is 1.09. The molecular weight excluding hydrogens is 239 g/mol. The van der Waals surface area contributed by atoms with Crippen molar-refractivity contribution in [2.75, 3.05) is 0 Å². The van der Waals surface area contributed by atoms with E-state index in [0.29, 0.717) is 5.56 Å². The number of halogens is 2. The van der Waals surface area contributed by atoms with Gasteiger partial charge in [0, 0.05) is 0 Å². The standard InChI is InChI=1S/C9H8BrFO2/c1-5-2-6(4-8(12)13)9(10)7(11)3-5/h2-3H,4H2,1H3,(H,12,13). The van der Waals surface area contributed by atoms with Gasteiger partial charge in [-0.2, -0.15) is 0 Å². The van der Waals surface area contributed by atoms with E-state index in [4.69, 9.17) is 5.11 Å². The van der Waals surface area contributed by atoms with E-state index < -0.39 is 11.8 Å². The molecule has 1 aromatic carbocycles. The molecule has 70 valence electrons. The average Bonchev–Trinajstić information content (AvgIpc) is 1.98. The summed E-state index contributed by atoms with van der Waals surface area (Å²) in [6, 6.07) is 3.01. The van der Waals surface area contributed by atoms with Gasteiger partial charge in [0.15, 0.2) is 0 Å². The Morgan fingerprint density at radius 1 is 1.62 bits per heavy atom. The molecule has 13 heavy (non-hydrogen) atoms. The van der Waals surface area contributed by atoms with E-state index in [0.717, 1.165) is 5.56 Å². The van der Waals surface area contributed by atoms with Crippen molar-refractivity contribution in [2.24, 2.45) is 0 Å². The zero-order valence-electron chi connectivity index (χ0n) is 6.97. The molecule has 0 amide bonds. The average molecular weight is 247 g/mol. The summed E-state index contributed by atoms with van der Waals surface area (Å²) in [4.78, 5) is 10.4. The molecule has 0 radical (unpaired) electrons. The summed E-state index contributed by atoms with van der Waals surface area (Å²) < 4.78 is 13.3. The molecule has 0 aliphatic carbocycles. The van der Waals surface area contributed by atoms with Crippen LogP contribution in [0.2, 0.25) is 0 Å². The summed E-state index contributed by atoms with van der Waals surface area (Å²) in [5.74, 6) is -1.39. The predicted octanol–water partition coefficient (Wildman–Crippen LogP) is 2.52. The third kappa shape index (κ3) is 2.52. The first-order valence-electron chi connectivity index (χ1n) is 3.67. The van der Waals surface area contributed by atoms with Crippen molar-refractivity contribution in [3.05, 3.63) is 33.5 Å². The second-order valence-corrected chi connectivity index (χ2v) is 3.58. The van der Waals surface area contributed by atoms with Crippen LogP contribution in [-0.2, 0) is 11.2 Å². The lowest BCUT2D eigenvalue weighted by atomic mass is 10.1. The Balaban J connectivity index is 3.12. The minimum absolute atomic E-state index is 0.167. The van der Waals surface area contributed by atoms with Crippen LogP contribution >= 0.6 is 15.9 Å². The molecule has 1 N–H and O–H groups in total. The molecule has 0 spiro atoms. The van der Waals surface area contributed by atoms with Crippen molar-refractivity contribution in [1.82, 2.24) is 0 Å². The van der Waals surface area contributed by atoms with Crippen LogP contribution in [0.1, 0.15) is 11.1 Å². The lowest BCUT2D eigenvalue weighted by molar-refractivity contribution is -0.136. The Morgan fingerprint density at radius 3 is 2.77 bits per heavy atom. The van der Waals surface area contributed by atoms with E-state index in [2.05, 4.69) is 15.9 Å². The zero-order valence-corrected chi connectivity index (χ0v) is 8.56. The van der Waals surface area contributed by atoms with Gasteiger partial charge in [-0.3, -0.25) is 4.79 Å². The Kier molecular flexibility index (Phi) is 3.03. The maximum Gasteiger partial charge on any atom is 0.307 e. The molecule has 0 atom stereocenters. The highest BCUT2D eigenvalue weighted by atomic mass is 79.9. The van der Waals surface area contributed by atoms with Crippen LogP contribution in [0.25, 0.3) is 0 Å². The highest BCUT2D eigenvalue weighted by molar-refractivity contribution is 9.10. The summed E-state index contributed by atoms with van der Waals surface area (Å²) in [5.41, 5.74) is 1.18. The smallest absolute Gasteiger partial charge is 0.307 e. The molecule has 0 aromatic heterocycles. The second-order valence-electron chi connectivity index (χ2n) is 2.79. The number of carboxylic acids is 1. The van der Waals surface area contributed by atoms with Gasteiger partial charge in [-0.25, -0.2) is 4.39 Å². The van der Waals surface area contributed by atoms with Crippen LogP contribution in [-0.4, -0.2) is 11.1 Å². The number of aryl methyl sites for hydroxylation is 1. The summed E-state index contributed by atoms with van der Waals surface area (Å²) >= 11 is 3.00. The molecule has 0 aliphatic rings. The van der Waals surface area contributed by atoms with Gasteiger partial charge in [-0.15, -0.1) is 0 Å². The largest absolute Gasteiger partial charge is 0.481 e. The normalized spacial score (nSPS) is 10.1. The van der Waals surface area contributed by atoms with Gasteiger partial charge in [0.1, 0.15) is 5.82 Å². The SMILES string of the molecule is Cc1cc(F)c(Br)c(CC(=O)O)c1. The summed E-state index contributed by atoms with van der Waals surface area (Å²) in [5, 5.41) is 8.53. The maximum absolute atomic E-state index is 13.1. The molecule has 0 unspecified atom stereocenters. The number of carboxylic acid groups (broad SMARTS) is 1. The van der Waals surface area contributed by atoms with Crippen LogP contribution < -0.4 is 0 Å². The molecule has 2 nitrogen and oxygen atoms in total. The van der Waals surface area contributed by atoms with Gasteiger partial charge < -0.3 is 5.11 Å². The highest BCUT2D eigenvalue weighted by Crippen LogP contribution is 2.22. The first kappa shape index (κ1) is 10.2. The van der Waals surface area contributed by atoms with E-state index in [1.54, 1.807) is 13.0 Å². The fraction of sp³-hybridized carbons (Fsp3) is 0.222. The number of aliphatic carboxylic acids is 1. The van der Waals surface area contributed by atoms with Gasteiger partial charge in [-0.05, 0) is 40.0 Å². The lowest BCUT2D eigenvalue weighted by Crippen LogP contribution is -2.02. The first-order chi connectivity index (χ1) is 6.00. The van der Waals surface area contributed by atoms with Crippen molar-refractivity contribution < 1.29 is 14.3 Å². The molecule has 0 saturated heterocycles. The Hall–Kier alpha value is -0.900. The van der Waals surface area contributed by atoms with E-state index in [1.807, 2.05) is 0 Å². The van der Waals surface area contributed by atoms with Crippen LogP contribution in [0.5, 0.6) is 0 Å². The molecular formula is C9H8BrFO2. The molecule has 0 heterocycles. The van der Waals surface area contributed by atoms with Crippen molar-refractivity contribution in [3.8, 4) is 0 Å². The number of benzene rings is 1. The monoisotopic (exact) mass is 246 g/mol. The quantitative estimate of drug-likeness (QED) is 0.871. The number of rotatable bonds is 2. The Bertz CT molecular complexity index is 350. The van der Waals surface area contributed by atoms with Crippen LogP contribution in [0.3, 0.4) is 0 Å². The van der Waals surface area contributed by atoms with E-state index in [-0.39, 0.29) is 10.9 Å². The van der Waals surface area contributed by atoms with E-state index >= 15 is 0 Å². The molecule has 0 bridgehead atoms. The minimum atomic E-state index is -0.967. The first-order valence-corrected chi connectivity index (χ1v) is 4.46. The Labute approximate surface area is 83.5 Å². The molecule has 1 aromatic rings. The molecule has 1 rings (SSSR count). The number of carbonyl (C=O) groups is 1. The van der Waals surface area contributed by atoms with Crippen LogP contribution in [0.15, 0.2) is 16.6 Å². The van der Waals surface area contributed by atoms with Crippen molar-refractivity contribution in [2.45, 2.75) is 13.3 Å². The van der Waals surface area contributed by atoms with Crippen molar-refractivity contribution in [3.63, 3.8) is 0 Å². The molecule has 0 fully saturated rings. The van der Waals surface area contributed by atoms with Gasteiger partial charge in [0.05, 0.1) is 10.9 Å². The molecule has 0 saturated carbocycles. The zero-order chi connectivity index (χ0) is 10.0. The van der Waals surface area contributed by atoms with Gasteiger partial charge in [0.25, 0.3) is 0 Å². The third-order valence-corrected chi connectivity index (χ3v) is 2.48. The van der Waals surface area contributed by atoms with Crippen LogP contribution in [0, 0.1) is 12.7 Å². The lowest BCUT2D eigenvalue weighted by Gasteiger charge is -2.04. The number of hydrogen-bond acceptors (Lipinski definition) is 1. The Morgan fingerprint density at radius 2 is 2.23 bits per heavy atom. The van der Waals surface area contributed by atoms with Crippen molar-refractivity contribution in [1.29, 1.82) is 0 Å². The second kappa shape index (κ2) is 3.87. The minimum Gasteiger partial charge on any atom is -0.481 e. The molecule has 0 aliphatic heterocycles.